The van der Waals surface area contributed by atoms with Gasteiger partial charge < -0.3 is 25.1 Å². The maximum Gasteiger partial charge on any atom is 0.287 e. The molecule has 1 heterocycles. The fourth-order valence-corrected chi connectivity index (χ4v) is 2.01. The number of methoxy groups -OCH3 is 1. The largest absolute Gasteiger partial charge is 0.495 e. The highest BCUT2D eigenvalue weighted by Gasteiger charge is 2.12. The van der Waals surface area contributed by atoms with Crippen LogP contribution < -0.4 is 20.7 Å². The van der Waals surface area contributed by atoms with Crippen LogP contribution in [0.15, 0.2) is 41.0 Å². The molecule has 0 atom stereocenters. The maximum atomic E-state index is 11.9. The average molecular weight is 345 g/mol. The van der Waals surface area contributed by atoms with Crippen molar-refractivity contribution in [1.82, 2.24) is 10.6 Å². The van der Waals surface area contributed by atoms with Crippen LogP contribution in [0.1, 0.15) is 16.1 Å². The molecule has 0 aliphatic rings. The van der Waals surface area contributed by atoms with Crippen LogP contribution in [-0.2, 0) is 9.59 Å². The molecule has 2 aromatic rings. The van der Waals surface area contributed by atoms with Gasteiger partial charge in [-0.05, 0) is 36.8 Å². The predicted molar refractivity (Wildman–Crippen MR) is 90.4 cm³/mol. The van der Waals surface area contributed by atoms with Crippen molar-refractivity contribution < 1.29 is 23.5 Å². The summed E-state index contributed by atoms with van der Waals surface area (Å²) >= 11 is 0. The fourth-order valence-electron chi connectivity index (χ4n) is 2.01. The van der Waals surface area contributed by atoms with E-state index in [0.29, 0.717) is 11.4 Å². The van der Waals surface area contributed by atoms with Gasteiger partial charge in [-0.25, -0.2) is 0 Å². The van der Waals surface area contributed by atoms with Crippen molar-refractivity contribution in [2.75, 3.05) is 25.5 Å². The van der Waals surface area contributed by atoms with Gasteiger partial charge in [0.15, 0.2) is 5.76 Å². The number of amides is 3. The molecule has 3 N–H and O–H groups in total. The zero-order chi connectivity index (χ0) is 18.2. The quantitative estimate of drug-likeness (QED) is 0.696. The van der Waals surface area contributed by atoms with Crippen LogP contribution >= 0.6 is 0 Å². The number of anilines is 1. The monoisotopic (exact) mass is 345 g/mol. The second-order valence-corrected chi connectivity index (χ2v) is 5.19. The summed E-state index contributed by atoms with van der Waals surface area (Å²) in [5, 5.41) is 7.47. The first-order chi connectivity index (χ1) is 12.0. The van der Waals surface area contributed by atoms with E-state index in [1.165, 1.54) is 19.4 Å². The highest BCUT2D eigenvalue weighted by Crippen LogP contribution is 2.24. The Morgan fingerprint density at radius 2 is 1.84 bits per heavy atom. The van der Waals surface area contributed by atoms with E-state index in [1.807, 2.05) is 13.0 Å². The summed E-state index contributed by atoms with van der Waals surface area (Å²) in [6.45, 7) is 1.39. The van der Waals surface area contributed by atoms with Gasteiger partial charge in [-0.2, -0.15) is 0 Å². The summed E-state index contributed by atoms with van der Waals surface area (Å²) in [4.78, 5) is 35.2. The molecular formula is C17H19N3O5. The van der Waals surface area contributed by atoms with Gasteiger partial charge in [0.2, 0.25) is 11.8 Å². The van der Waals surface area contributed by atoms with Crippen LogP contribution in [0.5, 0.6) is 5.75 Å². The molecule has 0 fully saturated rings. The molecule has 0 saturated heterocycles. The van der Waals surface area contributed by atoms with E-state index in [-0.39, 0.29) is 18.8 Å². The lowest BCUT2D eigenvalue weighted by Crippen LogP contribution is -2.40. The SMILES string of the molecule is COc1ccc(C)cc1NC(=O)CNC(=O)CNC(=O)c1ccco1. The number of furan rings is 1. The van der Waals surface area contributed by atoms with Crippen molar-refractivity contribution in [2.45, 2.75) is 6.92 Å². The lowest BCUT2D eigenvalue weighted by atomic mass is 10.2. The van der Waals surface area contributed by atoms with Gasteiger partial charge in [-0.15, -0.1) is 0 Å². The number of carbonyl (C=O) groups excluding carboxylic acids is 3. The van der Waals surface area contributed by atoms with Crippen molar-refractivity contribution in [2.24, 2.45) is 0 Å². The van der Waals surface area contributed by atoms with Crippen LogP contribution in [0.4, 0.5) is 5.69 Å². The normalized spacial score (nSPS) is 10.0. The van der Waals surface area contributed by atoms with Crippen LogP contribution in [-0.4, -0.2) is 37.9 Å². The van der Waals surface area contributed by atoms with Crippen molar-refractivity contribution in [3.05, 3.63) is 47.9 Å². The number of benzene rings is 1. The van der Waals surface area contributed by atoms with Crippen LogP contribution in [0, 0.1) is 6.92 Å². The third-order valence-corrected chi connectivity index (χ3v) is 3.23. The number of nitrogens with one attached hydrogen (secondary N) is 3. The Hall–Kier alpha value is -3.29. The first-order valence-electron chi connectivity index (χ1n) is 7.52. The highest BCUT2D eigenvalue weighted by molar-refractivity contribution is 5.97. The molecule has 0 radical (unpaired) electrons. The number of ether oxygens (including phenoxy) is 1. The van der Waals surface area contributed by atoms with E-state index in [2.05, 4.69) is 16.0 Å². The topological polar surface area (TPSA) is 110 Å². The number of aryl methyl sites for hydroxylation is 1. The zero-order valence-electron chi connectivity index (χ0n) is 13.9. The summed E-state index contributed by atoms with van der Waals surface area (Å²) in [5.74, 6) is -0.775. The van der Waals surface area contributed by atoms with Crippen molar-refractivity contribution in [1.29, 1.82) is 0 Å². The van der Waals surface area contributed by atoms with E-state index in [0.717, 1.165) is 5.56 Å². The van der Waals surface area contributed by atoms with Gasteiger partial charge >= 0.3 is 0 Å². The number of rotatable bonds is 7. The van der Waals surface area contributed by atoms with Gasteiger partial charge in [0, 0.05) is 0 Å². The van der Waals surface area contributed by atoms with Crippen molar-refractivity contribution in [3.8, 4) is 5.75 Å². The molecule has 8 nitrogen and oxygen atoms in total. The molecule has 3 amide bonds. The second kappa shape index (κ2) is 8.53. The number of carbonyl (C=O) groups is 3. The summed E-state index contributed by atoms with van der Waals surface area (Å²) in [5.41, 5.74) is 1.48. The van der Waals surface area contributed by atoms with Crippen LogP contribution in [0.25, 0.3) is 0 Å². The average Bonchev–Trinajstić information content (AvgIpc) is 3.13. The molecule has 25 heavy (non-hydrogen) atoms. The van der Waals surface area contributed by atoms with Gasteiger partial charge in [-0.3, -0.25) is 14.4 Å². The molecule has 1 aromatic carbocycles. The Kier molecular flexibility index (Phi) is 6.16. The molecule has 0 unspecified atom stereocenters. The molecule has 0 aliphatic heterocycles. The maximum absolute atomic E-state index is 11.9. The number of hydrogen-bond acceptors (Lipinski definition) is 5. The highest BCUT2D eigenvalue weighted by atomic mass is 16.5. The molecule has 1 aromatic heterocycles. The first-order valence-corrected chi connectivity index (χ1v) is 7.52. The summed E-state index contributed by atoms with van der Waals surface area (Å²) in [6.07, 6.45) is 1.36. The Morgan fingerprint density at radius 3 is 2.52 bits per heavy atom. The third kappa shape index (κ3) is 5.38. The summed E-state index contributed by atoms with van der Waals surface area (Å²) in [6, 6.07) is 8.42. The van der Waals surface area contributed by atoms with Crippen molar-refractivity contribution >= 4 is 23.4 Å². The molecule has 0 spiro atoms. The Balaban J connectivity index is 1.77. The fraction of sp³-hybridized carbons (Fsp3) is 0.235. The van der Waals surface area contributed by atoms with Gasteiger partial charge in [0.1, 0.15) is 5.75 Å². The molecule has 8 heteroatoms. The van der Waals surface area contributed by atoms with Crippen molar-refractivity contribution in [3.63, 3.8) is 0 Å². The molecule has 132 valence electrons. The Bertz CT molecular complexity index is 756. The summed E-state index contributed by atoms with van der Waals surface area (Å²) < 4.78 is 10.1. The lowest BCUT2D eigenvalue weighted by Gasteiger charge is -2.11. The minimum Gasteiger partial charge on any atom is -0.495 e. The van der Waals surface area contributed by atoms with Gasteiger partial charge in [-0.1, -0.05) is 6.07 Å². The number of hydrogen-bond donors (Lipinski definition) is 3. The molecule has 0 saturated carbocycles. The second-order valence-electron chi connectivity index (χ2n) is 5.19. The lowest BCUT2D eigenvalue weighted by molar-refractivity contribution is -0.123. The minimum absolute atomic E-state index is 0.108. The first kappa shape index (κ1) is 18.1. The Morgan fingerprint density at radius 1 is 1.08 bits per heavy atom. The molecule has 2 rings (SSSR count). The smallest absolute Gasteiger partial charge is 0.287 e. The summed E-state index contributed by atoms with van der Waals surface area (Å²) in [7, 11) is 1.50. The van der Waals surface area contributed by atoms with E-state index < -0.39 is 17.7 Å². The van der Waals surface area contributed by atoms with E-state index >= 15 is 0 Å². The standard InChI is InChI=1S/C17H19N3O5/c1-11-5-6-13(24-2)12(8-11)20-16(22)10-18-15(21)9-19-17(23)14-4-3-7-25-14/h3-8H,9-10H2,1-2H3,(H,18,21)(H,19,23)(H,20,22). The zero-order valence-corrected chi connectivity index (χ0v) is 13.9. The van der Waals surface area contributed by atoms with E-state index in [1.54, 1.807) is 18.2 Å². The van der Waals surface area contributed by atoms with Crippen LogP contribution in [0.3, 0.4) is 0 Å². The van der Waals surface area contributed by atoms with Gasteiger partial charge in [0.05, 0.1) is 32.1 Å². The van der Waals surface area contributed by atoms with Gasteiger partial charge in [0.25, 0.3) is 5.91 Å². The van der Waals surface area contributed by atoms with E-state index in [9.17, 15) is 14.4 Å². The van der Waals surface area contributed by atoms with E-state index in [4.69, 9.17) is 9.15 Å². The molecule has 0 aliphatic carbocycles. The third-order valence-electron chi connectivity index (χ3n) is 3.23. The molecule has 0 bridgehead atoms. The minimum atomic E-state index is -0.505. The van der Waals surface area contributed by atoms with Crippen LogP contribution in [0.2, 0.25) is 0 Å². The Labute approximate surface area is 144 Å². The predicted octanol–water partition coefficient (Wildman–Crippen LogP) is 1.08. The molecular weight excluding hydrogens is 326 g/mol.